The zero-order chi connectivity index (χ0) is 92.8. The smallest absolute Gasteiger partial charge is 0.268 e. The molecule has 92 heavy (non-hydrogen) atoms. The summed E-state index contributed by atoms with van der Waals surface area (Å²) >= 11 is 0. The fraction of sp³-hybridized carbons (Fsp3) is 0.0714. The van der Waals surface area contributed by atoms with Crippen LogP contribution in [0.15, 0.2) is 309 Å². The van der Waals surface area contributed by atoms with E-state index in [0.29, 0.717) is 16.7 Å². The Hall–Kier alpha value is -10.0. The standard InChI is InChI=1S/C84H66N4OSi2.Pt/c1-60-29-26-30-61(2)82(60)62-49-52-76-78(55-62)86(64-31-27-32-65(57-64)89-66-50-51-74-73-45-24-25-46-75(73)88(77(74)58-66)81-56-63(53-54-85-81)84(3,4)5)59-87(76)83-79(90(67-33-12-6-13-34-67,68-35-14-7-15-36-68)69-37-16-8-17-38-69)47-28-48-80(83)91(70-39-18-9-19-40-70,71-41-20-10-21-42-71)72-43-22-11-23-44-72;/h6-56H,1-5H3;/q-2;/i1D3,2D3,6D,7D,8D,9D,10D,11D,12D,13D,14D,15D,16D,17D,18D,19D,20D,21D,22D,23D,33D,34D,35D,36D,37D,38D,39D,40D,41D,42D,43D,44D;. The molecule has 0 aliphatic rings. The van der Waals surface area contributed by atoms with Crippen molar-refractivity contribution in [2.75, 3.05) is 0 Å². The van der Waals surface area contributed by atoms with E-state index >= 15 is 0 Å². The van der Waals surface area contributed by atoms with Gasteiger partial charge in [-0.25, -0.2) is 4.98 Å². The number of aromatic nitrogens is 4. The Balaban J connectivity index is 0.0000133. The minimum absolute atomic E-state index is 0. The third-order valence-corrected chi connectivity index (χ3v) is 24.4. The summed E-state index contributed by atoms with van der Waals surface area (Å²) in [6.07, 6.45) is 4.91. The average Bonchev–Trinajstić information content (AvgIpc) is 0.824. The maximum Gasteiger partial charge on any atom is 0.268 e. The van der Waals surface area contributed by atoms with E-state index in [2.05, 4.69) is 18.5 Å². The molecule has 0 radical (unpaired) electrons. The van der Waals surface area contributed by atoms with Gasteiger partial charge < -0.3 is 13.9 Å². The first kappa shape index (κ1) is 31.3. The number of hydrogen-bond donors (Lipinski definition) is 0. The van der Waals surface area contributed by atoms with Gasteiger partial charge in [0.05, 0.1) is 57.8 Å². The Labute approximate surface area is 606 Å². The molecule has 0 fully saturated rings. The van der Waals surface area contributed by atoms with Gasteiger partial charge in [0.15, 0.2) is 16.1 Å². The van der Waals surface area contributed by atoms with E-state index in [-0.39, 0.29) is 54.7 Å². The van der Waals surface area contributed by atoms with Crippen LogP contribution >= 0.6 is 0 Å². The number of aryl methyl sites for hydroxylation is 2. The second-order valence-corrected chi connectivity index (χ2v) is 29.1. The number of rotatable bonds is 14. The van der Waals surface area contributed by atoms with Crippen LogP contribution in [0.3, 0.4) is 0 Å². The maximum absolute atomic E-state index is 10.4. The molecule has 448 valence electrons. The van der Waals surface area contributed by atoms with Crippen molar-refractivity contribution in [1.82, 2.24) is 14.1 Å². The van der Waals surface area contributed by atoms with Crippen molar-refractivity contribution in [2.24, 2.45) is 0 Å². The molecule has 0 unspecified atom stereocenters. The third-order valence-electron chi connectivity index (χ3n) is 15.9. The molecule has 0 aliphatic carbocycles. The molecule has 0 bridgehead atoms. The predicted molar refractivity (Wildman–Crippen MR) is 381 cm³/mol. The summed E-state index contributed by atoms with van der Waals surface area (Å²) in [5.41, 5.74) is -1.86. The van der Waals surface area contributed by atoms with E-state index in [4.69, 9.17) is 26.2 Å². The summed E-state index contributed by atoms with van der Waals surface area (Å²) in [7, 11) is -13.8. The zero-order valence-electron chi connectivity index (χ0n) is 84.6. The van der Waals surface area contributed by atoms with Gasteiger partial charge in [-0.3, -0.25) is 4.57 Å². The molecule has 8 heteroatoms. The van der Waals surface area contributed by atoms with Crippen LogP contribution in [0.4, 0.5) is 0 Å². The van der Waals surface area contributed by atoms with Crippen molar-refractivity contribution in [3.05, 3.63) is 344 Å². The number of para-hydroxylation sites is 2. The van der Waals surface area contributed by atoms with Crippen LogP contribution in [0, 0.1) is 32.2 Å². The van der Waals surface area contributed by atoms with Gasteiger partial charge in [0, 0.05) is 52.5 Å². The first-order valence-corrected chi connectivity index (χ1v) is 32.3. The second kappa shape index (κ2) is 24.6. The minimum Gasteiger partial charge on any atom is -0.510 e. The first-order valence-electron chi connectivity index (χ1n) is 46.3. The Kier molecular flexibility index (Phi) is 8.40. The van der Waals surface area contributed by atoms with Crippen LogP contribution in [-0.4, -0.2) is 30.3 Å². The minimum atomic E-state index is -6.92. The Bertz CT molecular complexity index is 6530. The number of hydrogen-bond acceptors (Lipinski definition) is 2. The summed E-state index contributed by atoms with van der Waals surface area (Å²) < 4.78 is 360. The molecular formula is C84H66N4OPtSi2-2. The van der Waals surface area contributed by atoms with Crippen LogP contribution in [0.5, 0.6) is 11.5 Å². The second-order valence-electron chi connectivity index (χ2n) is 22.0. The summed E-state index contributed by atoms with van der Waals surface area (Å²) in [4.78, 5) is 4.80. The molecule has 0 saturated heterocycles. The Morgan fingerprint density at radius 2 is 0.989 bits per heavy atom. The molecule has 0 saturated carbocycles. The van der Waals surface area contributed by atoms with Crippen molar-refractivity contribution in [3.8, 4) is 39.8 Å². The quantitative estimate of drug-likeness (QED) is 0.0471. The van der Waals surface area contributed by atoms with Crippen LogP contribution in [-0.2, 0) is 26.5 Å². The fourth-order valence-corrected chi connectivity index (χ4v) is 20.1. The van der Waals surface area contributed by atoms with E-state index in [9.17, 15) is 32.9 Å². The molecule has 15 rings (SSSR count). The summed E-state index contributed by atoms with van der Waals surface area (Å²) in [6, 6.07) is -3.21. The van der Waals surface area contributed by atoms with Gasteiger partial charge in [-0.1, -0.05) is 274 Å². The first-order chi connectivity index (χ1) is 59.4. The number of imidazole rings is 1. The number of ether oxygens (including phenoxy) is 1. The predicted octanol–water partition coefficient (Wildman–Crippen LogP) is 13.9. The number of pyridine rings is 1. The van der Waals surface area contributed by atoms with Crippen molar-refractivity contribution in [2.45, 2.75) is 39.9 Å². The van der Waals surface area contributed by atoms with E-state index in [1.165, 1.54) is 42.5 Å². The van der Waals surface area contributed by atoms with Gasteiger partial charge in [-0.15, -0.1) is 29.7 Å². The van der Waals surface area contributed by atoms with Crippen molar-refractivity contribution >= 4 is 90.5 Å². The summed E-state index contributed by atoms with van der Waals surface area (Å²) in [5.74, 6) is 0.423. The normalized spacial score (nSPS) is 17.7. The molecule has 3 heterocycles. The SMILES string of the molecule is [2H]c1c([2H])c([2H])c([Si](c2cccc([Si](c3c([2H])c([2H])c([2H])c([2H])c3[2H])(c3c([2H])c([2H])c([2H])c([2H])c3[2H])c3c([2H])c([2H])c([2H])c([2H])c3[2H])c2-[n+]2[c-]n(-c3[c-]c(Oc4[c-]c5c(cc4)c4ccccc4n5-c4cc(C(C)(C)C)ccn4)ccc3)c3cc(-c4c(C([2H])([2H])[2H])cccc4C([2H])([2H])[2H])ccc32)(c2c([2H])c([2H])c([2H])c([2H])c2[2H])c2c([2H])c([2H])c([2H])c([2H])c2[2H])c([2H])c1[2H].[Pt]. The number of fused-ring (bicyclic) bond motifs is 4. The Morgan fingerprint density at radius 1 is 0.489 bits per heavy atom. The van der Waals surface area contributed by atoms with Crippen LogP contribution in [0.2, 0.25) is 0 Å². The average molecular weight is 1430 g/mol. The molecule has 0 N–H and O–H groups in total. The summed E-state index contributed by atoms with van der Waals surface area (Å²) in [6.45, 7) is -0.131. The third kappa shape index (κ3) is 10.2. The van der Waals surface area contributed by atoms with Gasteiger partial charge in [0.1, 0.15) is 5.82 Å². The molecule has 0 aliphatic heterocycles. The van der Waals surface area contributed by atoms with Crippen LogP contribution in [0.1, 0.15) is 86.8 Å². The van der Waals surface area contributed by atoms with Crippen molar-refractivity contribution in [1.29, 1.82) is 0 Å². The molecule has 0 amide bonds. The zero-order valence-corrected chi connectivity index (χ0v) is 52.9. The molecule has 5 nitrogen and oxygen atoms in total. The monoisotopic (exact) mass is 1430 g/mol. The van der Waals surface area contributed by atoms with E-state index in [1.54, 1.807) is 18.3 Å². The molecular weight excluding hydrogens is 1330 g/mol. The summed E-state index contributed by atoms with van der Waals surface area (Å²) in [5, 5.41) is -7.64. The maximum atomic E-state index is 10.4. The van der Waals surface area contributed by atoms with Gasteiger partial charge in [0.2, 0.25) is 0 Å². The van der Waals surface area contributed by atoms with E-state index < -0.39 is 281 Å². The molecule has 15 aromatic rings. The molecule has 12 aromatic carbocycles. The topological polar surface area (TPSA) is 35.9 Å². The number of nitrogens with zero attached hydrogens (tertiary/aromatic N) is 4. The van der Waals surface area contributed by atoms with E-state index in [0.717, 1.165) is 55.9 Å². The van der Waals surface area contributed by atoms with Crippen LogP contribution < -0.4 is 50.8 Å². The molecule has 0 spiro atoms. The van der Waals surface area contributed by atoms with Gasteiger partial charge >= 0.3 is 0 Å². The van der Waals surface area contributed by atoms with Gasteiger partial charge in [-0.2, -0.15) is 18.2 Å². The molecule has 3 aromatic heterocycles. The number of benzene rings is 12. The fourth-order valence-electron chi connectivity index (χ4n) is 12.0. The van der Waals surface area contributed by atoms with Crippen molar-refractivity contribution in [3.63, 3.8) is 0 Å². The van der Waals surface area contributed by atoms with Crippen molar-refractivity contribution < 1.29 is 79.7 Å². The Morgan fingerprint density at radius 3 is 1.51 bits per heavy atom. The van der Waals surface area contributed by atoms with Gasteiger partial charge in [-0.05, 0) is 124 Å². The molecule has 0 atom stereocenters. The van der Waals surface area contributed by atoms with E-state index in [1.807, 2.05) is 61.7 Å². The largest absolute Gasteiger partial charge is 0.510 e. The van der Waals surface area contributed by atoms with Crippen LogP contribution in [0.25, 0.3) is 61.2 Å². The van der Waals surface area contributed by atoms with Gasteiger partial charge in [0.25, 0.3) is 6.33 Å².